The Kier molecular flexibility index (Phi) is 4.29. The van der Waals surface area contributed by atoms with E-state index in [9.17, 15) is 0 Å². The summed E-state index contributed by atoms with van der Waals surface area (Å²) in [7, 11) is 1.66. The number of hydrogen-bond acceptors (Lipinski definition) is 3. The topological polar surface area (TPSA) is 34.1 Å². The molecule has 0 fully saturated rings. The van der Waals surface area contributed by atoms with Crippen LogP contribution in [-0.4, -0.2) is 12.1 Å². The first-order valence-corrected chi connectivity index (χ1v) is 7.61. The van der Waals surface area contributed by atoms with Crippen LogP contribution in [0.25, 0.3) is 11.3 Å². The summed E-state index contributed by atoms with van der Waals surface area (Å²) in [6, 6.07) is 20.2. The van der Waals surface area contributed by atoms with Crippen LogP contribution in [0.2, 0.25) is 0 Å². The molecule has 1 N–H and O–H groups in total. The van der Waals surface area contributed by atoms with Crippen LogP contribution in [0.3, 0.4) is 0 Å². The molecule has 3 rings (SSSR count). The van der Waals surface area contributed by atoms with Crippen LogP contribution in [-0.2, 0) is 0 Å². The largest absolute Gasteiger partial charge is 0.497 e. The van der Waals surface area contributed by atoms with Gasteiger partial charge in [0.25, 0.3) is 0 Å². The highest BCUT2D eigenvalue weighted by Gasteiger charge is 2.03. The van der Waals surface area contributed by atoms with E-state index in [-0.39, 0.29) is 0 Å². The Morgan fingerprint density at radius 3 is 2.35 bits per heavy atom. The van der Waals surface area contributed by atoms with E-state index in [1.807, 2.05) is 42.5 Å². The van der Waals surface area contributed by atoms with Crippen molar-refractivity contribution in [3.8, 4) is 17.0 Å². The van der Waals surface area contributed by atoms with Crippen LogP contribution >= 0.6 is 0 Å². The second kappa shape index (κ2) is 6.53. The van der Waals surface area contributed by atoms with Crippen LogP contribution in [0, 0.1) is 13.8 Å². The van der Waals surface area contributed by atoms with Gasteiger partial charge in [0.1, 0.15) is 11.6 Å². The van der Waals surface area contributed by atoms with Crippen molar-refractivity contribution >= 4 is 11.5 Å². The molecule has 0 aliphatic heterocycles. The maximum atomic E-state index is 5.17. The lowest BCUT2D eigenvalue weighted by atomic mass is 10.0. The summed E-state index contributed by atoms with van der Waals surface area (Å²) < 4.78 is 5.17. The Morgan fingerprint density at radius 1 is 0.870 bits per heavy atom. The lowest BCUT2D eigenvalue weighted by Gasteiger charge is -2.09. The van der Waals surface area contributed by atoms with Crippen molar-refractivity contribution in [3.05, 3.63) is 71.8 Å². The quantitative estimate of drug-likeness (QED) is 0.726. The molecule has 0 saturated heterocycles. The van der Waals surface area contributed by atoms with Crippen LogP contribution in [0.5, 0.6) is 5.75 Å². The fraction of sp³-hybridized carbons (Fsp3) is 0.150. The number of pyridine rings is 1. The normalized spacial score (nSPS) is 10.4. The van der Waals surface area contributed by atoms with Crippen molar-refractivity contribution in [3.63, 3.8) is 0 Å². The second-order valence-corrected chi connectivity index (χ2v) is 5.56. The van der Waals surface area contributed by atoms with E-state index in [0.717, 1.165) is 28.5 Å². The third kappa shape index (κ3) is 3.51. The van der Waals surface area contributed by atoms with E-state index in [0.29, 0.717) is 0 Å². The van der Waals surface area contributed by atoms with Crippen molar-refractivity contribution in [1.29, 1.82) is 0 Å². The van der Waals surface area contributed by atoms with Gasteiger partial charge in [0.2, 0.25) is 0 Å². The van der Waals surface area contributed by atoms with Crippen LogP contribution in [0.1, 0.15) is 11.1 Å². The summed E-state index contributed by atoms with van der Waals surface area (Å²) in [5.41, 5.74) is 5.65. The minimum Gasteiger partial charge on any atom is -0.497 e. The number of aryl methyl sites for hydroxylation is 2. The average molecular weight is 304 g/mol. The highest BCUT2D eigenvalue weighted by atomic mass is 16.5. The van der Waals surface area contributed by atoms with Gasteiger partial charge in [-0.25, -0.2) is 4.98 Å². The summed E-state index contributed by atoms with van der Waals surface area (Å²) in [5.74, 6) is 1.67. The van der Waals surface area contributed by atoms with E-state index in [1.54, 1.807) is 7.11 Å². The zero-order chi connectivity index (χ0) is 16.2. The van der Waals surface area contributed by atoms with Crippen molar-refractivity contribution in [2.75, 3.05) is 12.4 Å². The SMILES string of the molecule is COc1ccc(Nc2cccc(-c3ccc(C)c(C)c3)n2)cc1. The predicted octanol–water partition coefficient (Wildman–Crippen LogP) is 5.12. The smallest absolute Gasteiger partial charge is 0.131 e. The maximum Gasteiger partial charge on any atom is 0.131 e. The Bertz CT molecular complexity index is 810. The van der Waals surface area contributed by atoms with Crippen LogP contribution in [0.15, 0.2) is 60.7 Å². The fourth-order valence-corrected chi connectivity index (χ4v) is 2.39. The Labute approximate surface area is 137 Å². The molecule has 0 spiro atoms. The number of nitrogens with one attached hydrogen (secondary N) is 1. The molecule has 3 aromatic rings. The van der Waals surface area contributed by atoms with Gasteiger partial charge in [-0.2, -0.15) is 0 Å². The van der Waals surface area contributed by atoms with Crippen molar-refractivity contribution < 1.29 is 4.74 Å². The number of anilines is 2. The number of hydrogen-bond donors (Lipinski definition) is 1. The molecule has 0 amide bonds. The van der Waals surface area contributed by atoms with Gasteiger partial charge in [-0.3, -0.25) is 0 Å². The maximum absolute atomic E-state index is 5.17. The standard InChI is InChI=1S/C20H20N2O/c1-14-7-8-16(13-15(14)2)19-5-4-6-20(22-19)21-17-9-11-18(23-3)12-10-17/h4-13H,1-3H3,(H,21,22). The van der Waals surface area contributed by atoms with Gasteiger partial charge in [-0.15, -0.1) is 0 Å². The fourth-order valence-electron chi connectivity index (χ4n) is 2.39. The Morgan fingerprint density at radius 2 is 1.65 bits per heavy atom. The average Bonchev–Trinajstić information content (AvgIpc) is 2.58. The molecule has 0 bridgehead atoms. The van der Waals surface area contributed by atoms with E-state index in [1.165, 1.54) is 11.1 Å². The second-order valence-electron chi connectivity index (χ2n) is 5.56. The van der Waals surface area contributed by atoms with Crippen molar-refractivity contribution in [2.24, 2.45) is 0 Å². The first-order chi connectivity index (χ1) is 11.2. The molecule has 23 heavy (non-hydrogen) atoms. The lowest BCUT2D eigenvalue weighted by Crippen LogP contribution is -1.95. The molecule has 116 valence electrons. The summed E-state index contributed by atoms with van der Waals surface area (Å²) >= 11 is 0. The number of ether oxygens (including phenoxy) is 1. The van der Waals surface area contributed by atoms with Crippen LogP contribution in [0.4, 0.5) is 11.5 Å². The highest BCUT2D eigenvalue weighted by molar-refractivity contribution is 5.65. The van der Waals surface area contributed by atoms with Gasteiger partial charge in [0.15, 0.2) is 0 Å². The minimum atomic E-state index is 0.825. The highest BCUT2D eigenvalue weighted by Crippen LogP contribution is 2.24. The molecule has 0 aliphatic rings. The third-order valence-corrected chi connectivity index (χ3v) is 3.91. The van der Waals surface area contributed by atoms with Crippen LogP contribution < -0.4 is 10.1 Å². The third-order valence-electron chi connectivity index (χ3n) is 3.91. The molecular weight excluding hydrogens is 284 g/mol. The first-order valence-electron chi connectivity index (χ1n) is 7.61. The van der Waals surface area contributed by atoms with E-state index >= 15 is 0 Å². The summed E-state index contributed by atoms with van der Waals surface area (Å²) in [5, 5.41) is 3.32. The molecule has 2 aromatic carbocycles. The zero-order valence-electron chi connectivity index (χ0n) is 13.6. The Balaban J connectivity index is 1.85. The molecule has 0 saturated carbocycles. The number of methoxy groups -OCH3 is 1. The molecule has 3 heteroatoms. The van der Waals surface area contributed by atoms with Crippen molar-refractivity contribution in [2.45, 2.75) is 13.8 Å². The zero-order valence-corrected chi connectivity index (χ0v) is 13.6. The van der Waals surface area contributed by atoms with E-state index < -0.39 is 0 Å². The Hall–Kier alpha value is -2.81. The molecule has 1 heterocycles. The summed E-state index contributed by atoms with van der Waals surface area (Å²) in [6.45, 7) is 4.24. The first kappa shape index (κ1) is 15.1. The number of nitrogens with zero attached hydrogens (tertiary/aromatic N) is 1. The molecular formula is C20H20N2O. The van der Waals surface area contributed by atoms with Gasteiger partial charge in [-0.05, 0) is 67.4 Å². The monoisotopic (exact) mass is 304 g/mol. The summed E-state index contributed by atoms with van der Waals surface area (Å²) in [6.07, 6.45) is 0. The number of rotatable bonds is 4. The molecule has 0 atom stereocenters. The van der Waals surface area contributed by atoms with Gasteiger partial charge in [0.05, 0.1) is 12.8 Å². The van der Waals surface area contributed by atoms with Crippen molar-refractivity contribution in [1.82, 2.24) is 4.98 Å². The number of aromatic nitrogens is 1. The van der Waals surface area contributed by atoms with E-state index in [4.69, 9.17) is 9.72 Å². The van der Waals surface area contributed by atoms with Gasteiger partial charge in [0, 0.05) is 11.3 Å². The molecule has 0 unspecified atom stereocenters. The number of benzene rings is 2. The predicted molar refractivity (Wildman–Crippen MR) is 95.4 cm³/mol. The molecule has 0 radical (unpaired) electrons. The molecule has 0 aliphatic carbocycles. The molecule has 3 nitrogen and oxygen atoms in total. The van der Waals surface area contributed by atoms with Gasteiger partial charge >= 0.3 is 0 Å². The minimum absolute atomic E-state index is 0.825. The van der Waals surface area contributed by atoms with E-state index in [2.05, 4.69) is 37.4 Å². The summed E-state index contributed by atoms with van der Waals surface area (Å²) in [4.78, 5) is 4.71. The lowest BCUT2D eigenvalue weighted by molar-refractivity contribution is 0.415. The molecule has 1 aromatic heterocycles. The van der Waals surface area contributed by atoms with Gasteiger partial charge < -0.3 is 10.1 Å². The van der Waals surface area contributed by atoms with Gasteiger partial charge in [-0.1, -0.05) is 18.2 Å².